The summed E-state index contributed by atoms with van der Waals surface area (Å²) in [6.45, 7) is 0.658. The van der Waals surface area contributed by atoms with E-state index >= 15 is 0 Å². The van der Waals surface area contributed by atoms with Gasteiger partial charge in [-0.2, -0.15) is 4.98 Å². The van der Waals surface area contributed by atoms with Crippen molar-refractivity contribution in [1.82, 2.24) is 24.9 Å². The Morgan fingerprint density at radius 3 is 2.86 bits per heavy atom. The Hall–Kier alpha value is -2.35. The van der Waals surface area contributed by atoms with Gasteiger partial charge in [-0.3, -0.25) is 4.21 Å². The van der Waals surface area contributed by atoms with E-state index in [1.807, 2.05) is 30.3 Å². The fourth-order valence-corrected chi connectivity index (χ4v) is 2.71. The maximum atomic E-state index is 11.5. The molecule has 0 radical (unpaired) electrons. The van der Waals surface area contributed by atoms with E-state index in [1.165, 1.54) is 0 Å². The summed E-state index contributed by atoms with van der Waals surface area (Å²) in [4.78, 5) is 4.38. The molecule has 1 unspecified atom stereocenters. The van der Waals surface area contributed by atoms with Crippen molar-refractivity contribution in [2.45, 2.75) is 24.5 Å². The van der Waals surface area contributed by atoms with Crippen molar-refractivity contribution in [1.29, 1.82) is 0 Å². The summed E-state index contributed by atoms with van der Waals surface area (Å²) in [5.74, 6) is 1.18. The molecule has 0 saturated heterocycles. The maximum Gasteiger partial charge on any atom is 0.227 e. The number of benzene rings is 1. The zero-order valence-corrected chi connectivity index (χ0v) is 12.9. The molecule has 3 aromatic rings. The summed E-state index contributed by atoms with van der Waals surface area (Å²) in [5.41, 5.74) is 0.931. The molecular formula is C14H15N5O2S. The Bertz CT molecular complexity index is 768. The second-order valence-corrected chi connectivity index (χ2v) is 6.02. The number of rotatable bonds is 6. The van der Waals surface area contributed by atoms with Crippen molar-refractivity contribution >= 4 is 10.8 Å². The van der Waals surface area contributed by atoms with Gasteiger partial charge in [0.25, 0.3) is 0 Å². The van der Waals surface area contributed by atoms with Crippen LogP contribution < -0.4 is 0 Å². The second-order valence-electron chi connectivity index (χ2n) is 4.74. The zero-order valence-electron chi connectivity index (χ0n) is 12.0. The summed E-state index contributed by atoms with van der Waals surface area (Å²) < 4.78 is 18.5. The first-order chi connectivity index (χ1) is 10.7. The number of hydrogen-bond acceptors (Lipinski definition) is 6. The molecule has 0 aliphatic heterocycles. The normalized spacial score (nSPS) is 12.4. The van der Waals surface area contributed by atoms with E-state index in [1.54, 1.807) is 17.2 Å². The van der Waals surface area contributed by atoms with E-state index in [2.05, 4.69) is 20.3 Å². The summed E-state index contributed by atoms with van der Waals surface area (Å²) >= 11 is 0. The molecule has 2 heterocycles. The summed E-state index contributed by atoms with van der Waals surface area (Å²) in [6.07, 6.45) is 4.59. The molecule has 0 aliphatic carbocycles. The minimum atomic E-state index is -1.14. The quantitative estimate of drug-likeness (QED) is 0.687. The van der Waals surface area contributed by atoms with Crippen molar-refractivity contribution in [3.8, 4) is 11.4 Å². The first kappa shape index (κ1) is 14.6. The van der Waals surface area contributed by atoms with Gasteiger partial charge in [0.2, 0.25) is 16.9 Å². The second kappa shape index (κ2) is 6.61. The molecule has 0 saturated carbocycles. The van der Waals surface area contributed by atoms with Gasteiger partial charge in [-0.1, -0.05) is 35.5 Å². The summed E-state index contributed by atoms with van der Waals surface area (Å²) in [6, 6.07) is 9.69. The van der Waals surface area contributed by atoms with Gasteiger partial charge < -0.3 is 9.09 Å². The monoisotopic (exact) mass is 317 g/mol. The molecule has 1 aromatic carbocycles. The highest BCUT2D eigenvalue weighted by molar-refractivity contribution is 7.84. The lowest BCUT2D eigenvalue weighted by Gasteiger charge is -2.02. The lowest BCUT2D eigenvalue weighted by Crippen LogP contribution is -2.05. The molecule has 7 nitrogen and oxygen atoms in total. The highest BCUT2D eigenvalue weighted by Crippen LogP contribution is 2.15. The van der Waals surface area contributed by atoms with E-state index in [4.69, 9.17) is 4.52 Å². The third kappa shape index (κ3) is 3.28. The Morgan fingerprint density at radius 1 is 1.27 bits per heavy atom. The molecule has 8 heteroatoms. The Kier molecular flexibility index (Phi) is 4.38. The van der Waals surface area contributed by atoms with Crippen LogP contribution in [-0.4, -0.2) is 35.4 Å². The largest absolute Gasteiger partial charge is 0.339 e. The minimum absolute atomic E-state index is 0.482. The van der Waals surface area contributed by atoms with Crippen LogP contribution in [0.15, 0.2) is 46.3 Å². The maximum absolute atomic E-state index is 11.5. The molecule has 0 aliphatic rings. The van der Waals surface area contributed by atoms with Crippen LogP contribution in [0, 0.1) is 0 Å². The topological polar surface area (TPSA) is 86.7 Å². The van der Waals surface area contributed by atoms with Crippen molar-refractivity contribution in [3.63, 3.8) is 0 Å². The van der Waals surface area contributed by atoms with E-state index < -0.39 is 10.8 Å². The fourth-order valence-electron chi connectivity index (χ4n) is 2.08. The molecule has 2 aromatic heterocycles. The Balaban J connectivity index is 1.60. The van der Waals surface area contributed by atoms with Crippen LogP contribution in [0.1, 0.15) is 12.3 Å². The zero-order chi connectivity index (χ0) is 15.4. The smallest absolute Gasteiger partial charge is 0.227 e. The summed E-state index contributed by atoms with van der Waals surface area (Å²) in [5, 5.41) is 12.1. The van der Waals surface area contributed by atoms with Gasteiger partial charge in [0.1, 0.15) is 6.33 Å². The highest BCUT2D eigenvalue weighted by atomic mass is 32.2. The first-order valence-corrected chi connectivity index (χ1v) is 8.39. The van der Waals surface area contributed by atoms with Gasteiger partial charge >= 0.3 is 0 Å². The van der Waals surface area contributed by atoms with E-state index in [9.17, 15) is 4.21 Å². The lowest BCUT2D eigenvalue weighted by atomic mass is 10.2. The predicted octanol–water partition coefficient (Wildman–Crippen LogP) is 1.70. The standard InChI is InChI=1S/C14H15N5O2S/c1-22(20)14-17-15-10-19(14)9-5-8-12-16-13(18-21-12)11-6-3-2-4-7-11/h2-4,6-7,10H,5,8-9H2,1H3. The van der Waals surface area contributed by atoms with Crippen molar-refractivity contribution in [3.05, 3.63) is 42.5 Å². The molecule has 114 valence electrons. The van der Waals surface area contributed by atoms with Crippen LogP contribution in [0.25, 0.3) is 11.4 Å². The molecular weight excluding hydrogens is 302 g/mol. The summed E-state index contributed by atoms with van der Waals surface area (Å²) in [7, 11) is -1.14. The number of hydrogen-bond donors (Lipinski definition) is 0. The molecule has 1 atom stereocenters. The van der Waals surface area contributed by atoms with Gasteiger partial charge in [0.05, 0.1) is 10.8 Å². The van der Waals surface area contributed by atoms with Crippen molar-refractivity contribution in [2.24, 2.45) is 0 Å². The van der Waals surface area contributed by atoms with Gasteiger partial charge in [0.15, 0.2) is 0 Å². The number of aryl methyl sites for hydroxylation is 2. The molecule has 0 spiro atoms. The Labute approximate surface area is 129 Å². The molecule has 0 fully saturated rings. The molecule has 22 heavy (non-hydrogen) atoms. The van der Waals surface area contributed by atoms with Gasteiger partial charge in [-0.05, 0) is 6.42 Å². The Morgan fingerprint density at radius 2 is 2.09 bits per heavy atom. The van der Waals surface area contributed by atoms with E-state index in [-0.39, 0.29) is 0 Å². The van der Waals surface area contributed by atoms with E-state index in [0.29, 0.717) is 29.8 Å². The van der Waals surface area contributed by atoms with Gasteiger partial charge in [-0.15, -0.1) is 10.2 Å². The van der Waals surface area contributed by atoms with Crippen LogP contribution in [-0.2, 0) is 23.8 Å². The highest BCUT2D eigenvalue weighted by Gasteiger charge is 2.10. The van der Waals surface area contributed by atoms with Gasteiger partial charge in [0, 0.05) is 24.8 Å². The predicted molar refractivity (Wildman–Crippen MR) is 80.4 cm³/mol. The van der Waals surface area contributed by atoms with Crippen LogP contribution in [0.5, 0.6) is 0 Å². The van der Waals surface area contributed by atoms with Crippen LogP contribution >= 0.6 is 0 Å². The third-order valence-corrected chi connectivity index (χ3v) is 3.96. The lowest BCUT2D eigenvalue weighted by molar-refractivity contribution is 0.372. The first-order valence-electron chi connectivity index (χ1n) is 6.83. The molecule has 0 amide bonds. The molecule has 0 bridgehead atoms. The van der Waals surface area contributed by atoms with Crippen LogP contribution in [0.4, 0.5) is 0 Å². The van der Waals surface area contributed by atoms with Crippen LogP contribution in [0.2, 0.25) is 0 Å². The molecule has 0 N–H and O–H groups in total. The van der Waals surface area contributed by atoms with Crippen LogP contribution in [0.3, 0.4) is 0 Å². The number of nitrogens with zero attached hydrogens (tertiary/aromatic N) is 5. The third-order valence-electron chi connectivity index (χ3n) is 3.13. The van der Waals surface area contributed by atoms with Crippen molar-refractivity contribution in [2.75, 3.05) is 6.26 Å². The fraction of sp³-hybridized carbons (Fsp3) is 0.286. The van der Waals surface area contributed by atoms with Crippen molar-refractivity contribution < 1.29 is 8.73 Å². The molecule has 3 rings (SSSR count). The number of aromatic nitrogens is 5. The average Bonchev–Trinajstić information content (AvgIpc) is 3.17. The SMILES string of the molecule is CS(=O)c1nncn1CCCc1nc(-c2ccccc2)no1. The average molecular weight is 317 g/mol. The van der Waals surface area contributed by atoms with E-state index in [0.717, 1.165) is 12.0 Å². The minimum Gasteiger partial charge on any atom is -0.339 e. The van der Waals surface area contributed by atoms with Gasteiger partial charge in [-0.25, -0.2) is 0 Å².